The van der Waals surface area contributed by atoms with Gasteiger partial charge in [-0.3, -0.25) is 4.79 Å². The maximum Gasteiger partial charge on any atom is 0.265 e. The summed E-state index contributed by atoms with van der Waals surface area (Å²) in [5, 5.41) is 0.604. The molecule has 0 atom stereocenters. The normalized spacial score (nSPS) is 14.0. The number of anilines is 1. The minimum atomic E-state index is -0.103. The molecule has 0 aliphatic carbocycles. The van der Waals surface area contributed by atoms with Gasteiger partial charge in [0.15, 0.2) is 18.1 Å². The van der Waals surface area contributed by atoms with E-state index < -0.39 is 0 Å². The Morgan fingerprint density at radius 1 is 1.30 bits per heavy atom. The molecule has 3 rings (SSSR count). The Balaban J connectivity index is 2.02. The van der Waals surface area contributed by atoms with Gasteiger partial charge in [-0.2, -0.15) is 0 Å². The van der Waals surface area contributed by atoms with Gasteiger partial charge in [-0.05, 0) is 37.6 Å². The van der Waals surface area contributed by atoms with Gasteiger partial charge in [0.2, 0.25) is 0 Å². The predicted molar refractivity (Wildman–Crippen MR) is 90.5 cm³/mol. The molecule has 5 heteroatoms. The number of aryl methyl sites for hydroxylation is 1. The van der Waals surface area contributed by atoms with E-state index in [1.54, 1.807) is 4.90 Å². The molecule has 0 radical (unpaired) electrons. The second-order valence-corrected chi connectivity index (χ2v) is 5.81. The van der Waals surface area contributed by atoms with E-state index in [0.717, 1.165) is 16.8 Å². The first-order valence-corrected chi connectivity index (χ1v) is 7.92. The van der Waals surface area contributed by atoms with Crippen molar-refractivity contribution >= 4 is 23.2 Å². The fourth-order valence-corrected chi connectivity index (χ4v) is 2.85. The molecule has 0 unspecified atom stereocenters. The van der Waals surface area contributed by atoms with Crippen molar-refractivity contribution in [2.45, 2.75) is 20.4 Å². The van der Waals surface area contributed by atoms with Gasteiger partial charge >= 0.3 is 0 Å². The number of carbonyl (C=O) groups excluding carboxylic acids is 1. The third kappa shape index (κ3) is 3.13. The average molecular weight is 332 g/mol. The molecule has 4 nitrogen and oxygen atoms in total. The number of rotatable bonds is 3. The number of fused-ring (bicyclic) bond motifs is 1. The number of amides is 1. The van der Waals surface area contributed by atoms with E-state index >= 15 is 0 Å². The lowest BCUT2D eigenvalue weighted by molar-refractivity contribution is -0.120. The van der Waals surface area contributed by atoms with Crippen LogP contribution in [-0.4, -0.2) is 19.1 Å². The van der Waals surface area contributed by atoms with Crippen LogP contribution in [0.2, 0.25) is 5.02 Å². The number of carbonyl (C=O) groups is 1. The fourth-order valence-electron chi connectivity index (χ4n) is 2.68. The minimum absolute atomic E-state index is 0.0248. The number of ether oxygens (including phenoxy) is 2. The summed E-state index contributed by atoms with van der Waals surface area (Å²) in [5.41, 5.74) is 2.72. The summed E-state index contributed by atoms with van der Waals surface area (Å²) in [6, 6.07) is 11.3. The van der Waals surface area contributed by atoms with Crippen molar-refractivity contribution in [3.05, 3.63) is 52.5 Å². The summed E-state index contributed by atoms with van der Waals surface area (Å²) in [6.45, 7) is 4.83. The molecule has 23 heavy (non-hydrogen) atoms. The Bertz CT molecular complexity index is 745. The van der Waals surface area contributed by atoms with Gasteiger partial charge < -0.3 is 14.4 Å². The number of hydrogen-bond acceptors (Lipinski definition) is 3. The first kappa shape index (κ1) is 15.7. The molecule has 120 valence electrons. The lowest BCUT2D eigenvalue weighted by Crippen LogP contribution is -2.32. The Kier molecular flexibility index (Phi) is 4.44. The van der Waals surface area contributed by atoms with Crippen molar-refractivity contribution in [1.82, 2.24) is 0 Å². The number of hydrogen-bond donors (Lipinski definition) is 0. The zero-order valence-electron chi connectivity index (χ0n) is 13.1. The van der Waals surface area contributed by atoms with Crippen molar-refractivity contribution < 1.29 is 14.3 Å². The molecule has 0 fully saturated rings. The maximum atomic E-state index is 12.5. The third-order valence-electron chi connectivity index (χ3n) is 3.79. The fraction of sp³-hybridized carbons (Fsp3) is 0.278. The van der Waals surface area contributed by atoms with Crippen molar-refractivity contribution in [2.24, 2.45) is 0 Å². The number of benzene rings is 2. The topological polar surface area (TPSA) is 38.8 Å². The van der Waals surface area contributed by atoms with Crippen LogP contribution in [0.5, 0.6) is 11.5 Å². The lowest BCUT2D eigenvalue weighted by atomic mass is 10.1. The Morgan fingerprint density at radius 3 is 2.91 bits per heavy atom. The highest BCUT2D eigenvalue weighted by Gasteiger charge is 2.26. The summed E-state index contributed by atoms with van der Waals surface area (Å²) in [4.78, 5) is 14.2. The van der Waals surface area contributed by atoms with Gasteiger partial charge in [-0.1, -0.05) is 29.8 Å². The third-order valence-corrected chi connectivity index (χ3v) is 4.03. The van der Waals surface area contributed by atoms with Crippen LogP contribution in [0.15, 0.2) is 36.4 Å². The SMILES string of the molecule is CCOc1cccc2c1OCC(=O)N(c1cc(Cl)ccc1C)C2. The second-order valence-electron chi connectivity index (χ2n) is 5.38. The molecule has 2 aromatic rings. The van der Waals surface area contributed by atoms with E-state index in [0.29, 0.717) is 29.7 Å². The van der Waals surface area contributed by atoms with Gasteiger partial charge in [-0.25, -0.2) is 0 Å². The largest absolute Gasteiger partial charge is 0.490 e. The first-order valence-electron chi connectivity index (χ1n) is 7.54. The number of nitrogens with zero attached hydrogens (tertiary/aromatic N) is 1. The molecule has 1 amide bonds. The Labute approximate surface area is 140 Å². The van der Waals surface area contributed by atoms with Gasteiger partial charge in [0, 0.05) is 16.3 Å². The van der Waals surface area contributed by atoms with E-state index in [-0.39, 0.29) is 12.5 Å². The summed E-state index contributed by atoms with van der Waals surface area (Å²) in [7, 11) is 0. The number of halogens is 1. The molecule has 2 aromatic carbocycles. The minimum Gasteiger partial charge on any atom is -0.490 e. The molecule has 1 heterocycles. The predicted octanol–water partition coefficient (Wildman–Crippen LogP) is 3.97. The molecule has 1 aliphatic rings. The highest BCUT2D eigenvalue weighted by molar-refractivity contribution is 6.31. The van der Waals surface area contributed by atoms with Gasteiger partial charge in [0.1, 0.15) is 0 Å². The first-order chi connectivity index (χ1) is 11.1. The molecule has 1 aliphatic heterocycles. The van der Waals surface area contributed by atoms with E-state index in [2.05, 4.69) is 0 Å². The van der Waals surface area contributed by atoms with Gasteiger partial charge in [0.25, 0.3) is 5.91 Å². The van der Waals surface area contributed by atoms with E-state index in [1.807, 2.05) is 50.2 Å². The van der Waals surface area contributed by atoms with Crippen LogP contribution in [-0.2, 0) is 11.3 Å². The Morgan fingerprint density at radius 2 is 2.13 bits per heavy atom. The molecule has 0 bridgehead atoms. The van der Waals surface area contributed by atoms with Gasteiger partial charge in [0.05, 0.1) is 13.2 Å². The standard InChI is InChI=1S/C18H18ClNO3/c1-3-22-16-6-4-5-13-10-20(17(21)11-23-18(13)16)15-9-14(19)8-7-12(15)2/h4-9H,3,10-11H2,1-2H3. The van der Waals surface area contributed by atoms with Crippen molar-refractivity contribution in [1.29, 1.82) is 0 Å². The second kappa shape index (κ2) is 6.50. The van der Waals surface area contributed by atoms with Crippen LogP contribution >= 0.6 is 11.6 Å². The zero-order chi connectivity index (χ0) is 16.4. The summed E-state index contributed by atoms with van der Waals surface area (Å²) < 4.78 is 11.3. The molecule has 0 saturated heterocycles. The quantitative estimate of drug-likeness (QED) is 0.854. The smallest absolute Gasteiger partial charge is 0.265 e. The highest BCUT2D eigenvalue weighted by Crippen LogP contribution is 2.36. The molecule has 0 aromatic heterocycles. The molecule has 0 N–H and O–H groups in total. The van der Waals surface area contributed by atoms with Crippen LogP contribution in [0.25, 0.3) is 0 Å². The van der Waals surface area contributed by atoms with Crippen molar-refractivity contribution in [3.8, 4) is 11.5 Å². The van der Waals surface area contributed by atoms with E-state index in [4.69, 9.17) is 21.1 Å². The lowest BCUT2D eigenvalue weighted by Gasteiger charge is -2.22. The molecule has 0 saturated carbocycles. The van der Waals surface area contributed by atoms with Crippen LogP contribution in [0.1, 0.15) is 18.1 Å². The van der Waals surface area contributed by atoms with Crippen molar-refractivity contribution in [3.63, 3.8) is 0 Å². The van der Waals surface area contributed by atoms with E-state index in [1.165, 1.54) is 0 Å². The Hall–Kier alpha value is -2.20. The monoisotopic (exact) mass is 331 g/mol. The zero-order valence-corrected chi connectivity index (χ0v) is 13.9. The van der Waals surface area contributed by atoms with Crippen LogP contribution in [0, 0.1) is 6.92 Å². The highest BCUT2D eigenvalue weighted by atomic mass is 35.5. The van der Waals surface area contributed by atoms with Crippen LogP contribution < -0.4 is 14.4 Å². The summed E-state index contributed by atoms with van der Waals surface area (Å²) in [5.74, 6) is 1.21. The number of para-hydroxylation sites is 1. The van der Waals surface area contributed by atoms with Crippen molar-refractivity contribution in [2.75, 3.05) is 18.1 Å². The van der Waals surface area contributed by atoms with Crippen LogP contribution in [0.4, 0.5) is 5.69 Å². The molecular formula is C18H18ClNO3. The van der Waals surface area contributed by atoms with E-state index in [9.17, 15) is 4.79 Å². The summed E-state index contributed by atoms with van der Waals surface area (Å²) in [6.07, 6.45) is 0. The molecular weight excluding hydrogens is 314 g/mol. The molecule has 0 spiro atoms. The maximum absolute atomic E-state index is 12.5. The van der Waals surface area contributed by atoms with Gasteiger partial charge in [-0.15, -0.1) is 0 Å². The summed E-state index contributed by atoms with van der Waals surface area (Å²) >= 11 is 6.10. The average Bonchev–Trinajstić information content (AvgIpc) is 2.70. The van der Waals surface area contributed by atoms with Crippen LogP contribution in [0.3, 0.4) is 0 Å².